The molecule has 0 aliphatic heterocycles. The molecule has 3 aromatic rings. The average molecular weight is 437 g/mol. The lowest BCUT2D eigenvalue weighted by atomic mass is 10.1. The maximum Gasteiger partial charge on any atom is 0.339 e. The summed E-state index contributed by atoms with van der Waals surface area (Å²) in [4.78, 5) is 16.3. The highest BCUT2D eigenvalue weighted by atomic mass is 19.1. The van der Waals surface area contributed by atoms with E-state index in [2.05, 4.69) is 23.6 Å². The molecule has 1 heterocycles. The number of hydrogen-bond acceptors (Lipinski definition) is 3. The molecule has 1 aromatic heterocycles. The van der Waals surface area contributed by atoms with Crippen LogP contribution in [0.2, 0.25) is 0 Å². The molecule has 1 atom stereocenters. The molecule has 0 bridgehead atoms. The zero-order chi connectivity index (χ0) is 23.1. The van der Waals surface area contributed by atoms with E-state index in [4.69, 9.17) is 9.72 Å². The minimum Gasteiger partial charge on any atom is -0.493 e. The number of allylic oxidation sites excluding steroid dienone is 4. The monoisotopic (exact) mass is 436 g/mol. The standard InChI is InChI=1S/C26H29FN2O3/c1-4-32-24-14-20(12-13-21(24)26(30)31)15-25-28-22-10-5-6-11-23(22)29(25)17-19(3)9-7-8-18(2)16-27/h5-14,19H,4,15-17H2,1-3H3,(H,30,31)/b9-7-,18-8+. The average Bonchev–Trinajstić information content (AvgIpc) is 3.10. The molecule has 1 unspecified atom stereocenters. The Morgan fingerprint density at radius 1 is 1.28 bits per heavy atom. The maximum absolute atomic E-state index is 12.6. The third-order valence-corrected chi connectivity index (χ3v) is 5.17. The summed E-state index contributed by atoms with van der Waals surface area (Å²) in [5.41, 5.74) is 3.74. The fourth-order valence-corrected chi connectivity index (χ4v) is 3.58. The fraction of sp³-hybridized carbons (Fsp3) is 0.308. The molecule has 0 saturated heterocycles. The summed E-state index contributed by atoms with van der Waals surface area (Å²) < 4.78 is 20.4. The Balaban J connectivity index is 1.92. The number of carboxylic acid groups (broad SMARTS) is 1. The number of aromatic nitrogens is 2. The van der Waals surface area contributed by atoms with Crippen molar-refractivity contribution in [2.45, 2.75) is 33.7 Å². The van der Waals surface area contributed by atoms with Crippen molar-refractivity contribution in [1.82, 2.24) is 9.55 Å². The second kappa shape index (κ2) is 10.8. The number of nitrogens with zero attached hydrogens (tertiary/aromatic N) is 2. The first-order valence-corrected chi connectivity index (χ1v) is 10.8. The van der Waals surface area contributed by atoms with Crippen molar-refractivity contribution in [3.8, 4) is 5.75 Å². The summed E-state index contributed by atoms with van der Waals surface area (Å²) in [5, 5.41) is 9.40. The van der Waals surface area contributed by atoms with Gasteiger partial charge in [-0.25, -0.2) is 14.2 Å². The number of para-hydroxylation sites is 2. The number of hydrogen-bond donors (Lipinski definition) is 1. The Morgan fingerprint density at radius 3 is 2.78 bits per heavy atom. The summed E-state index contributed by atoms with van der Waals surface area (Å²) in [5.74, 6) is 0.465. The lowest BCUT2D eigenvalue weighted by Gasteiger charge is -2.14. The highest BCUT2D eigenvalue weighted by Crippen LogP contribution is 2.25. The fourth-order valence-electron chi connectivity index (χ4n) is 3.58. The van der Waals surface area contributed by atoms with Gasteiger partial charge in [-0.3, -0.25) is 0 Å². The quantitative estimate of drug-likeness (QED) is 0.406. The van der Waals surface area contributed by atoms with E-state index < -0.39 is 12.6 Å². The van der Waals surface area contributed by atoms with Gasteiger partial charge in [-0.1, -0.05) is 43.4 Å². The molecule has 168 valence electrons. The maximum atomic E-state index is 12.6. The van der Waals surface area contributed by atoms with Gasteiger partial charge < -0.3 is 14.4 Å². The van der Waals surface area contributed by atoms with Gasteiger partial charge in [-0.2, -0.15) is 0 Å². The van der Waals surface area contributed by atoms with E-state index in [1.54, 1.807) is 25.1 Å². The zero-order valence-corrected chi connectivity index (χ0v) is 18.7. The molecule has 0 aliphatic carbocycles. The van der Waals surface area contributed by atoms with E-state index >= 15 is 0 Å². The van der Waals surface area contributed by atoms with Crippen molar-refractivity contribution in [3.63, 3.8) is 0 Å². The van der Waals surface area contributed by atoms with E-state index in [1.165, 1.54) is 0 Å². The first-order valence-electron chi connectivity index (χ1n) is 10.8. The zero-order valence-electron chi connectivity index (χ0n) is 18.7. The normalized spacial score (nSPS) is 13.1. The molecule has 0 fully saturated rings. The smallest absolute Gasteiger partial charge is 0.339 e. The molecule has 6 heteroatoms. The van der Waals surface area contributed by atoms with Crippen LogP contribution in [0.3, 0.4) is 0 Å². The summed E-state index contributed by atoms with van der Waals surface area (Å²) in [7, 11) is 0. The number of aromatic carboxylic acids is 1. The number of ether oxygens (including phenoxy) is 1. The van der Waals surface area contributed by atoms with Crippen LogP contribution >= 0.6 is 0 Å². The van der Waals surface area contributed by atoms with Crippen LogP contribution < -0.4 is 4.74 Å². The highest BCUT2D eigenvalue weighted by Gasteiger charge is 2.16. The van der Waals surface area contributed by atoms with Gasteiger partial charge in [0.2, 0.25) is 0 Å². The van der Waals surface area contributed by atoms with Crippen LogP contribution in [-0.4, -0.2) is 33.9 Å². The van der Waals surface area contributed by atoms with E-state index in [-0.39, 0.29) is 11.5 Å². The van der Waals surface area contributed by atoms with Gasteiger partial charge in [0.25, 0.3) is 0 Å². The van der Waals surface area contributed by atoms with Crippen LogP contribution in [0.5, 0.6) is 5.75 Å². The molecule has 0 radical (unpaired) electrons. The number of halogens is 1. The largest absolute Gasteiger partial charge is 0.493 e. The number of benzene rings is 2. The molecular weight excluding hydrogens is 407 g/mol. The van der Waals surface area contributed by atoms with E-state index in [9.17, 15) is 14.3 Å². The van der Waals surface area contributed by atoms with Crippen LogP contribution in [0.25, 0.3) is 11.0 Å². The Labute approximate surface area is 187 Å². The summed E-state index contributed by atoms with van der Waals surface area (Å²) in [6, 6.07) is 13.2. The van der Waals surface area contributed by atoms with Gasteiger partial charge in [0, 0.05) is 13.0 Å². The molecule has 0 amide bonds. The number of carboxylic acids is 1. The van der Waals surface area contributed by atoms with Gasteiger partial charge in [-0.05, 0) is 55.2 Å². The van der Waals surface area contributed by atoms with Crippen molar-refractivity contribution >= 4 is 17.0 Å². The third kappa shape index (κ3) is 5.63. The molecule has 1 N–H and O–H groups in total. The van der Waals surface area contributed by atoms with E-state index in [0.717, 1.165) is 29.0 Å². The predicted molar refractivity (Wildman–Crippen MR) is 125 cm³/mol. The van der Waals surface area contributed by atoms with Crippen LogP contribution in [-0.2, 0) is 13.0 Å². The topological polar surface area (TPSA) is 64.4 Å². The first-order chi connectivity index (χ1) is 15.4. The van der Waals surface area contributed by atoms with Crippen LogP contribution in [0.1, 0.15) is 42.5 Å². The van der Waals surface area contributed by atoms with Crippen molar-refractivity contribution in [2.75, 3.05) is 13.3 Å². The van der Waals surface area contributed by atoms with Crippen molar-refractivity contribution in [1.29, 1.82) is 0 Å². The minimum absolute atomic E-state index is 0.152. The van der Waals surface area contributed by atoms with Crippen LogP contribution in [0.15, 0.2) is 66.3 Å². The Kier molecular flexibility index (Phi) is 7.82. The second-order valence-corrected chi connectivity index (χ2v) is 7.88. The molecule has 3 rings (SSSR count). The SMILES string of the molecule is CCOc1cc(Cc2nc3ccccc3n2CC(C)/C=C\C=C(/C)CF)ccc1C(=O)O. The third-order valence-electron chi connectivity index (χ3n) is 5.17. The highest BCUT2D eigenvalue weighted by molar-refractivity contribution is 5.91. The second-order valence-electron chi connectivity index (χ2n) is 7.88. The Morgan fingerprint density at radius 2 is 2.06 bits per heavy atom. The van der Waals surface area contributed by atoms with Crippen molar-refractivity contribution in [3.05, 3.63) is 83.2 Å². The summed E-state index contributed by atoms with van der Waals surface area (Å²) in [6.45, 7) is 6.38. The van der Waals surface area contributed by atoms with Gasteiger partial charge in [-0.15, -0.1) is 0 Å². The van der Waals surface area contributed by atoms with Gasteiger partial charge >= 0.3 is 5.97 Å². The van der Waals surface area contributed by atoms with Gasteiger partial charge in [0.05, 0.1) is 17.6 Å². The molecular formula is C26H29FN2O3. The van der Waals surface area contributed by atoms with Crippen molar-refractivity contribution < 1.29 is 19.0 Å². The molecule has 5 nitrogen and oxygen atoms in total. The van der Waals surface area contributed by atoms with Crippen LogP contribution in [0, 0.1) is 5.92 Å². The summed E-state index contributed by atoms with van der Waals surface area (Å²) >= 11 is 0. The lowest BCUT2D eigenvalue weighted by molar-refractivity contribution is 0.0692. The van der Waals surface area contributed by atoms with Gasteiger partial charge in [0.1, 0.15) is 23.8 Å². The Bertz CT molecular complexity index is 1150. The molecule has 0 aliphatic rings. The molecule has 32 heavy (non-hydrogen) atoms. The number of fused-ring (bicyclic) bond motifs is 1. The van der Waals surface area contributed by atoms with E-state index in [0.29, 0.717) is 24.4 Å². The number of carbonyl (C=O) groups is 1. The summed E-state index contributed by atoms with van der Waals surface area (Å²) in [6.07, 6.45) is 6.30. The molecule has 0 spiro atoms. The van der Waals surface area contributed by atoms with Gasteiger partial charge in [0.15, 0.2) is 0 Å². The minimum atomic E-state index is -1.01. The van der Waals surface area contributed by atoms with E-state index in [1.807, 2.05) is 37.3 Å². The van der Waals surface area contributed by atoms with Crippen LogP contribution in [0.4, 0.5) is 4.39 Å². The molecule has 2 aromatic carbocycles. The lowest BCUT2D eigenvalue weighted by Crippen LogP contribution is -2.10. The first kappa shape index (κ1) is 23.3. The number of rotatable bonds is 10. The number of alkyl halides is 1. The number of imidazole rings is 1. The predicted octanol–water partition coefficient (Wildman–Crippen LogP) is 5.83. The Hall–Kier alpha value is -3.41. The molecule has 0 saturated carbocycles. The van der Waals surface area contributed by atoms with Crippen molar-refractivity contribution in [2.24, 2.45) is 5.92 Å².